The van der Waals surface area contributed by atoms with Gasteiger partial charge in [-0.3, -0.25) is 19.2 Å². The summed E-state index contributed by atoms with van der Waals surface area (Å²) in [5.74, 6) is 0.108. The van der Waals surface area contributed by atoms with Crippen molar-refractivity contribution in [3.8, 4) is 11.1 Å². The molecule has 10 rings (SSSR count). The van der Waals surface area contributed by atoms with Crippen LogP contribution in [0.4, 0.5) is 23.3 Å². The second-order valence-corrected chi connectivity index (χ2v) is 18.4. The molecule has 4 atom stereocenters. The van der Waals surface area contributed by atoms with Crippen LogP contribution in [0.5, 0.6) is 0 Å². The number of hydrogen-bond acceptors (Lipinski definition) is 13. The third kappa shape index (κ3) is 9.75. The molecule has 7 aromatic rings. The van der Waals surface area contributed by atoms with E-state index in [4.69, 9.17) is 9.97 Å². The molecule has 3 aromatic heterocycles. The normalized spacial score (nSPS) is 17.4. The molecule has 0 bridgehead atoms. The van der Waals surface area contributed by atoms with Crippen LogP contribution in [0.25, 0.3) is 23.0 Å². The summed E-state index contributed by atoms with van der Waals surface area (Å²) in [4.78, 5) is 65.0. The zero-order valence-corrected chi connectivity index (χ0v) is 39.3. The maximum Gasteiger partial charge on any atom is 0.419 e. The summed E-state index contributed by atoms with van der Waals surface area (Å²) in [7, 11) is 0. The van der Waals surface area contributed by atoms with Crippen molar-refractivity contribution in [3.05, 3.63) is 155 Å². The lowest BCUT2D eigenvalue weighted by Gasteiger charge is -2.35. The summed E-state index contributed by atoms with van der Waals surface area (Å²) in [6, 6.07) is 31.6. The third-order valence-corrected chi connectivity index (χ3v) is 13.0. The fourth-order valence-corrected chi connectivity index (χ4v) is 8.97. The molecule has 3 aliphatic heterocycles. The van der Waals surface area contributed by atoms with Crippen LogP contribution >= 0.6 is 0 Å². The predicted octanol–water partition coefficient (Wildman–Crippen LogP) is 3.28. The fraction of sp³-hybridized carbons (Fsp3) is 0.269. The first-order chi connectivity index (χ1) is 34.8. The van der Waals surface area contributed by atoms with Crippen LogP contribution in [0.2, 0.25) is 0 Å². The van der Waals surface area contributed by atoms with E-state index in [1.807, 2.05) is 30.5 Å². The number of nitrogens with one attached hydrogen (secondary N) is 4. The largest absolute Gasteiger partial charge is 0.419 e. The highest BCUT2D eigenvalue weighted by atomic mass is 16.3. The highest BCUT2D eigenvalue weighted by Gasteiger charge is 2.33. The zero-order chi connectivity index (χ0) is 50.2. The van der Waals surface area contributed by atoms with Crippen molar-refractivity contribution in [3.63, 3.8) is 0 Å². The summed E-state index contributed by atoms with van der Waals surface area (Å²) < 4.78 is 4.90. The maximum atomic E-state index is 13.7. The minimum atomic E-state index is -1.34. The van der Waals surface area contributed by atoms with Crippen molar-refractivity contribution >= 4 is 58.7 Å². The van der Waals surface area contributed by atoms with Gasteiger partial charge in [0.2, 0.25) is 12.2 Å². The molecule has 4 amide bonds. The molecule has 72 heavy (non-hydrogen) atoms. The van der Waals surface area contributed by atoms with Crippen LogP contribution in [0.3, 0.4) is 0 Å². The Labute approximate surface area is 412 Å². The van der Waals surface area contributed by atoms with Crippen molar-refractivity contribution in [2.75, 3.05) is 49.9 Å². The number of carbonyl (C=O) groups is 4. The van der Waals surface area contributed by atoms with Crippen molar-refractivity contribution in [1.82, 2.24) is 44.7 Å². The molecule has 0 radical (unpaired) electrons. The molecule has 368 valence electrons. The number of likely N-dealkylation sites (tertiary alicyclic amines) is 2. The van der Waals surface area contributed by atoms with Gasteiger partial charge in [-0.25, -0.2) is 10.00 Å². The maximum absolute atomic E-state index is 13.7. The number of hydrogen-bond donors (Lipinski definition) is 8. The molecule has 0 aliphatic carbocycles. The molecule has 2 fully saturated rings. The number of nitrogens with zero attached hydrogens (tertiary/aromatic N) is 8. The number of rotatable bonds is 15. The number of anilines is 4. The van der Waals surface area contributed by atoms with Crippen LogP contribution in [0.15, 0.2) is 121 Å². The van der Waals surface area contributed by atoms with Crippen LogP contribution in [-0.2, 0) is 0 Å². The summed E-state index contributed by atoms with van der Waals surface area (Å²) >= 11 is 0. The number of allylic oxidation sites excluding steroid dienone is 1. The number of amides is 4. The predicted molar refractivity (Wildman–Crippen MR) is 264 cm³/mol. The lowest BCUT2D eigenvalue weighted by atomic mass is 9.84. The van der Waals surface area contributed by atoms with Crippen LogP contribution in [0.1, 0.15) is 78.8 Å². The van der Waals surface area contributed by atoms with E-state index in [0.29, 0.717) is 69.7 Å². The van der Waals surface area contributed by atoms with E-state index in [-0.39, 0.29) is 61.7 Å². The van der Waals surface area contributed by atoms with Gasteiger partial charge in [0.15, 0.2) is 0 Å². The summed E-state index contributed by atoms with van der Waals surface area (Å²) in [5, 5.41) is 57.5. The number of pyridine rings is 1. The Balaban J connectivity index is 0.849. The standard InChI is InChI=1S/C52H52N12O8/c1-30-21-23-62-46(57-51(59-62)55-38-17-13-36(14-18-38)49(71)60-26-40(66)27-60)44(30)33-7-11-35(12-8-33)48(70)54-25-43(68)64-52(56-39-19-15-37(16-20-39)50(72)61-28-41(67)29-61)58-45-42(4-3-22-63(45)64)32-5-9-34(10-6-32)47(69)53-24-31(2)65/h3-23,30-31,40-41,43-44,65-68H,24-29H2,1-2H3,(H3,53,54,55,59,69,70,71)/p+1. The summed E-state index contributed by atoms with van der Waals surface area (Å²) in [6.45, 7) is 4.79. The van der Waals surface area contributed by atoms with Gasteiger partial charge in [0.05, 0.1) is 36.5 Å². The number of aliphatic hydroxyl groups is 4. The second-order valence-electron chi connectivity index (χ2n) is 18.4. The van der Waals surface area contributed by atoms with E-state index in [1.54, 1.807) is 123 Å². The minimum Gasteiger partial charge on any atom is -0.392 e. The Kier molecular flexibility index (Phi) is 13.1. The fourth-order valence-electron chi connectivity index (χ4n) is 8.97. The van der Waals surface area contributed by atoms with Gasteiger partial charge in [0.25, 0.3) is 29.3 Å². The molecular formula is C52H53N12O8+. The van der Waals surface area contributed by atoms with E-state index in [0.717, 1.165) is 11.1 Å². The Morgan fingerprint density at radius 2 is 1.24 bits per heavy atom. The van der Waals surface area contributed by atoms with Gasteiger partial charge in [-0.1, -0.05) is 37.3 Å². The molecule has 20 heteroatoms. The molecule has 8 N–H and O–H groups in total. The SMILES string of the molecule is CC(O)CNC(=O)c1ccc(-c2cccn3c2nc(Nc2ccc(C(=O)N4CC(O)C4)cc2)[n+]3C(O)CNC(=O)c2ccc(C3c4nc(Nc5ccc(C(=O)N6CC(O)C6)cc5)nn4C=CC3C)cc2)cc1. The average Bonchev–Trinajstić information content (AvgIpc) is 3.96. The number of benzene rings is 4. The van der Waals surface area contributed by atoms with Crippen molar-refractivity contribution in [2.24, 2.45) is 5.92 Å². The van der Waals surface area contributed by atoms with Crippen LogP contribution in [-0.4, -0.2) is 136 Å². The zero-order valence-electron chi connectivity index (χ0n) is 39.3. The van der Waals surface area contributed by atoms with E-state index < -0.39 is 30.4 Å². The summed E-state index contributed by atoms with van der Waals surface area (Å²) in [5.41, 5.74) is 5.81. The molecule has 4 aromatic carbocycles. The Morgan fingerprint density at radius 1 is 0.694 bits per heavy atom. The van der Waals surface area contributed by atoms with E-state index in [1.165, 1.54) is 4.68 Å². The van der Waals surface area contributed by atoms with Gasteiger partial charge < -0.3 is 46.2 Å². The van der Waals surface area contributed by atoms with Gasteiger partial charge in [-0.2, -0.15) is 9.50 Å². The molecule has 4 unspecified atom stereocenters. The second kappa shape index (κ2) is 19.8. The molecular weight excluding hydrogens is 921 g/mol. The van der Waals surface area contributed by atoms with Crippen molar-refractivity contribution in [2.45, 2.75) is 44.3 Å². The third-order valence-electron chi connectivity index (χ3n) is 13.0. The molecule has 20 nitrogen and oxygen atoms in total. The molecule has 2 saturated heterocycles. The first-order valence-corrected chi connectivity index (χ1v) is 23.7. The van der Waals surface area contributed by atoms with Gasteiger partial charge in [-0.05, 0) is 114 Å². The van der Waals surface area contributed by atoms with Gasteiger partial charge >= 0.3 is 5.95 Å². The van der Waals surface area contributed by atoms with E-state index >= 15 is 0 Å². The number of aliphatic hydroxyl groups excluding tert-OH is 4. The first kappa shape index (κ1) is 47.4. The monoisotopic (exact) mass is 973 g/mol. The van der Waals surface area contributed by atoms with Gasteiger partial charge in [0.1, 0.15) is 5.82 Å². The van der Waals surface area contributed by atoms with E-state index in [2.05, 4.69) is 33.3 Å². The van der Waals surface area contributed by atoms with Gasteiger partial charge in [-0.15, -0.1) is 9.78 Å². The molecule has 6 heterocycles. The van der Waals surface area contributed by atoms with Gasteiger partial charge in [0, 0.05) is 78.6 Å². The number of β-amino-alcohol motifs (C(OH)–C–C–N with tert-alkyl or cyclic N) is 2. The Morgan fingerprint density at radius 3 is 1.81 bits per heavy atom. The average molecular weight is 974 g/mol. The topological polar surface area (TPSA) is 256 Å². The number of fused-ring (bicyclic) bond motifs is 2. The van der Waals surface area contributed by atoms with Crippen LogP contribution in [0, 0.1) is 5.92 Å². The first-order valence-electron chi connectivity index (χ1n) is 23.7. The van der Waals surface area contributed by atoms with E-state index in [9.17, 15) is 39.6 Å². The highest BCUT2D eigenvalue weighted by Crippen LogP contribution is 2.36. The quantitative estimate of drug-likeness (QED) is 0.0688. The number of aromatic nitrogens is 6. The Hall–Kier alpha value is -8.30. The lowest BCUT2D eigenvalue weighted by Crippen LogP contribution is -2.53. The molecule has 0 saturated carbocycles. The van der Waals surface area contributed by atoms with Crippen LogP contribution < -0.4 is 25.9 Å². The lowest BCUT2D eigenvalue weighted by molar-refractivity contribution is -0.802. The number of carbonyl (C=O) groups excluding carboxylic acids is 4. The van der Waals surface area contributed by atoms with Crippen molar-refractivity contribution in [1.29, 1.82) is 0 Å². The molecule has 0 spiro atoms. The summed E-state index contributed by atoms with van der Waals surface area (Å²) in [6.07, 6.45) is 2.61. The minimum absolute atomic E-state index is 0.0496. The smallest absolute Gasteiger partial charge is 0.392 e. The Bertz CT molecular complexity index is 3180. The van der Waals surface area contributed by atoms with Crippen molar-refractivity contribution < 1.29 is 44.3 Å². The molecule has 3 aliphatic rings. The highest BCUT2D eigenvalue weighted by molar-refractivity contribution is 5.97.